The molecule has 0 atom stereocenters. The van der Waals surface area contributed by atoms with Gasteiger partial charge in [0, 0.05) is 31.0 Å². The van der Waals surface area contributed by atoms with E-state index in [0.29, 0.717) is 5.69 Å². The van der Waals surface area contributed by atoms with Crippen LogP contribution in [0.3, 0.4) is 0 Å². The van der Waals surface area contributed by atoms with Crippen LogP contribution in [-0.4, -0.2) is 53.5 Å². The highest BCUT2D eigenvalue weighted by molar-refractivity contribution is 5.76. The van der Waals surface area contributed by atoms with E-state index < -0.39 is 0 Å². The van der Waals surface area contributed by atoms with Gasteiger partial charge in [-0.2, -0.15) is 0 Å². The van der Waals surface area contributed by atoms with Crippen LogP contribution in [0.5, 0.6) is 0 Å². The van der Waals surface area contributed by atoms with Gasteiger partial charge in [0.05, 0.1) is 0 Å². The van der Waals surface area contributed by atoms with E-state index in [2.05, 4.69) is 11.9 Å². The molecule has 0 aromatic carbocycles. The van der Waals surface area contributed by atoms with E-state index in [9.17, 15) is 9.59 Å². The van der Waals surface area contributed by atoms with Crippen molar-refractivity contribution < 1.29 is 4.79 Å². The van der Waals surface area contributed by atoms with Crippen LogP contribution in [0.4, 0.5) is 5.69 Å². The molecule has 1 aromatic heterocycles. The van der Waals surface area contributed by atoms with E-state index in [4.69, 9.17) is 5.73 Å². The summed E-state index contributed by atoms with van der Waals surface area (Å²) in [4.78, 5) is 28.0. The van der Waals surface area contributed by atoms with Gasteiger partial charge in [-0.25, -0.2) is 0 Å². The third kappa shape index (κ3) is 3.39. The number of piperidine rings is 1. The first-order valence-electron chi connectivity index (χ1n) is 6.87. The highest BCUT2D eigenvalue weighted by atomic mass is 16.2. The fourth-order valence-electron chi connectivity index (χ4n) is 2.52. The van der Waals surface area contributed by atoms with Crippen molar-refractivity contribution >= 4 is 11.6 Å². The molecule has 2 N–H and O–H groups in total. The summed E-state index contributed by atoms with van der Waals surface area (Å²) < 4.78 is 1.36. The van der Waals surface area contributed by atoms with E-state index in [-0.39, 0.29) is 24.1 Å². The summed E-state index contributed by atoms with van der Waals surface area (Å²) in [5, 5.41) is 0. The SMILES string of the molecule is CN1CCC(N(C)C(=O)Cn2cc(N)ccc2=O)CC1. The molecular formula is C14H22N4O2. The monoisotopic (exact) mass is 278 g/mol. The Bertz CT molecular complexity index is 532. The average molecular weight is 278 g/mol. The second-order valence-electron chi connectivity index (χ2n) is 5.47. The Hall–Kier alpha value is -1.82. The summed E-state index contributed by atoms with van der Waals surface area (Å²) >= 11 is 0. The molecule has 0 spiro atoms. The van der Waals surface area contributed by atoms with Crippen LogP contribution in [0.15, 0.2) is 23.1 Å². The molecule has 1 fully saturated rings. The molecule has 1 saturated heterocycles. The van der Waals surface area contributed by atoms with Crippen molar-refractivity contribution in [3.63, 3.8) is 0 Å². The lowest BCUT2D eigenvalue weighted by Gasteiger charge is -2.35. The minimum absolute atomic E-state index is 0.0483. The molecule has 0 radical (unpaired) electrons. The van der Waals surface area contributed by atoms with Crippen molar-refractivity contribution in [3.8, 4) is 0 Å². The molecule has 1 amide bonds. The normalized spacial score (nSPS) is 17.1. The summed E-state index contributed by atoms with van der Waals surface area (Å²) in [6.45, 7) is 2.05. The molecule has 6 heteroatoms. The second-order valence-corrected chi connectivity index (χ2v) is 5.47. The number of hydrogen-bond acceptors (Lipinski definition) is 4. The molecule has 1 aromatic rings. The number of rotatable bonds is 3. The first-order chi connectivity index (χ1) is 9.47. The molecule has 2 heterocycles. The Labute approximate surface area is 118 Å². The Morgan fingerprint density at radius 3 is 2.70 bits per heavy atom. The van der Waals surface area contributed by atoms with Crippen molar-refractivity contribution in [2.24, 2.45) is 0 Å². The first kappa shape index (κ1) is 14.6. The number of pyridine rings is 1. The number of carbonyl (C=O) groups excluding carboxylic acids is 1. The topological polar surface area (TPSA) is 71.6 Å². The van der Waals surface area contributed by atoms with Crippen LogP contribution in [-0.2, 0) is 11.3 Å². The molecule has 20 heavy (non-hydrogen) atoms. The average Bonchev–Trinajstić information content (AvgIpc) is 2.43. The molecule has 6 nitrogen and oxygen atoms in total. The maximum Gasteiger partial charge on any atom is 0.251 e. The zero-order chi connectivity index (χ0) is 14.7. The minimum atomic E-state index is -0.204. The van der Waals surface area contributed by atoms with E-state index in [1.807, 2.05) is 7.05 Å². The summed E-state index contributed by atoms with van der Waals surface area (Å²) in [5.41, 5.74) is 5.93. The lowest BCUT2D eigenvalue weighted by molar-refractivity contribution is -0.133. The fraction of sp³-hybridized carbons (Fsp3) is 0.571. The third-order valence-electron chi connectivity index (χ3n) is 3.94. The van der Waals surface area contributed by atoms with Gasteiger partial charge in [-0.3, -0.25) is 9.59 Å². The van der Waals surface area contributed by atoms with E-state index >= 15 is 0 Å². The lowest BCUT2D eigenvalue weighted by atomic mass is 10.0. The zero-order valence-electron chi connectivity index (χ0n) is 12.1. The molecule has 1 aliphatic rings. The number of anilines is 1. The number of amides is 1. The van der Waals surface area contributed by atoms with Gasteiger partial charge in [0.2, 0.25) is 5.91 Å². The Balaban J connectivity index is 2.00. The van der Waals surface area contributed by atoms with Gasteiger partial charge in [0.1, 0.15) is 6.54 Å². The van der Waals surface area contributed by atoms with Gasteiger partial charge < -0.3 is 20.1 Å². The number of nitrogens with two attached hydrogens (primary N) is 1. The lowest BCUT2D eigenvalue weighted by Crippen LogP contribution is -2.46. The number of carbonyl (C=O) groups is 1. The molecule has 2 rings (SSSR count). The van der Waals surface area contributed by atoms with Gasteiger partial charge in [-0.05, 0) is 39.0 Å². The molecular weight excluding hydrogens is 256 g/mol. The maximum atomic E-state index is 12.3. The first-order valence-corrected chi connectivity index (χ1v) is 6.87. The van der Waals surface area contributed by atoms with Crippen molar-refractivity contribution in [2.75, 3.05) is 32.9 Å². The smallest absolute Gasteiger partial charge is 0.251 e. The number of likely N-dealkylation sites (N-methyl/N-ethyl adjacent to an activating group) is 1. The molecule has 110 valence electrons. The van der Waals surface area contributed by atoms with E-state index in [1.54, 1.807) is 11.0 Å². The fourth-order valence-corrected chi connectivity index (χ4v) is 2.52. The van der Waals surface area contributed by atoms with Crippen molar-refractivity contribution in [1.29, 1.82) is 0 Å². The second kappa shape index (κ2) is 6.09. The van der Waals surface area contributed by atoms with Gasteiger partial charge in [0.15, 0.2) is 0 Å². The van der Waals surface area contributed by atoms with Crippen molar-refractivity contribution in [3.05, 3.63) is 28.7 Å². The summed E-state index contributed by atoms with van der Waals surface area (Å²) in [5.74, 6) is -0.0488. The minimum Gasteiger partial charge on any atom is -0.398 e. The van der Waals surface area contributed by atoms with Crippen molar-refractivity contribution in [1.82, 2.24) is 14.4 Å². The largest absolute Gasteiger partial charge is 0.398 e. The maximum absolute atomic E-state index is 12.3. The molecule has 0 saturated carbocycles. The quantitative estimate of drug-likeness (QED) is 0.843. The van der Waals surface area contributed by atoms with Gasteiger partial charge >= 0.3 is 0 Å². The molecule has 1 aliphatic heterocycles. The van der Waals surface area contributed by atoms with Crippen LogP contribution in [0.25, 0.3) is 0 Å². The number of nitrogens with zero attached hydrogens (tertiary/aromatic N) is 3. The van der Waals surface area contributed by atoms with E-state index in [0.717, 1.165) is 25.9 Å². The highest BCUT2D eigenvalue weighted by Crippen LogP contribution is 2.14. The Morgan fingerprint density at radius 1 is 1.40 bits per heavy atom. The Kier molecular flexibility index (Phi) is 4.44. The molecule has 0 aliphatic carbocycles. The summed E-state index contributed by atoms with van der Waals surface area (Å²) in [6.07, 6.45) is 3.47. The van der Waals surface area contributed by atoms with Crippen LogP contribution in [0.1, 0.15) is 12.8 Å². The Morgan fingerprint density at radius 2 is 2.05 bits per heavy atom. The third-order valence-corrected chi connectivity index (χ3v) is 3.94. The van der Waals surface area contributed by atoms with Crippen LogP contribution in [0, 0.1) is 0 Å². The van der Waals surface area contributed by atoms with Crippen LogP contribution >= 0.6 is 0 Å². The zero-order valence-corrected chi connectivity index (χ0v) is 12.1. The number of nitrogen functional groups attached to an aromatic ring is 1. The van der Waals surface area contributed by atoms with Gasteiger partial charge in [-0.15, -0.1) is 0 Å². The number of likely N-dealkylation sites (tertiary alicyclic amines) is 1. The van der Waals surface area contributed by atoms with Crippen molar-refractivity contribution in [2.45, 2.75) is 25.4 Å². The number of aromatic nitrogens is 1. The van der Waals surface area contributed by atoms with Crippen LogP contribution in [0.2, 0.25) is 0 Å². The predicted octanol–water partition coefficient (Wildman–Crippen LogP) is -0.0169. The predicted molar refractivity (Wildman–Crippen MR) is 78.4 cm³/mol. The van der Waals surface area contributed by atoms with Gasteiger partial charge in [-0.1, -0.05) is 0 Å². The standard InChI is InChI=1S/C14H22N4O2/c1-16-7-5-12(6-8-16)17(2)14(20)10-18-9-11(15)3-4-13(18)19/h3-4,9,12H,5-8,10,15H2,1-2H3. The highest BCUT2D eigenvalue weighted by Gasteiger charge is 2.24. The molecule has 0 unspecified atom stereocenters. The van der Waals surface area contributed by atoms with Crippen LogP contribution < -0.4 is 11.3 Å². The molecule has 0 bridgehead atoms. The summed E-state index contributed by atoms with van der Waals surface area (Å²) in [6, 6.07) is 3.19. The van der Waals surface area contributed by atoms with Gasteiger partial charge in [0.25, 0.3) is 5.56 Å². The van der Waals surface area contributed by atoms with E-state index in [1.165, 1.54) is 16.8 Å². The number of hydrogen-bond donors (Lipinski definition) is 1. The summed E-state index contributed by atoms with van der Waals surface area (Å²) in [7, 11) is 3.90.